The second-order valence-corrected chi connectivity index (χ2v) is 9.24. The maximum Gasteiger partial charge on any atom is 0.221 e. The molecule has 0 atom stereocenters. The van der Waals surface area contributed by atoms with Crippen LogP contribution in [0.15, 0.2) is 36.4 Å². The fourth-order valence-corrected chi connectivity index (χ4v) is 5.21. The highest BCUT2D eigenvalue weighted by molar-refractivity contribution is 7.24. The number of benzene rings is 2. The molecule has 34 heavy (non-hydrogen) atoms. The summed E-state index contributed by atoms with van der Waals surface area (Å²) in [4.78, 5) is 27.3. The molecule has 3 rings (SSSR count). The molecule has 0 bridgehead atoms. The van der Waals surface area contributed by atoms with Crippen LogP contribution in [0.3, 0.4) is 0 Å². The highest BCUT2D eigenvalue weighted by Gasteiger charge is 2.24. The fraction of sp³-hybridized carbons (Fsp3) is 0.407. The lowest BCUT2D eigenvalue weighted by Gasteiger charge is -2.19. The highest BCUT2D eigenvalue weighted by atomic mass is 32.1. The molecular formula is C27H33FN2O3S. The van der Waals surface area contributed by atoms with E-state index >= 15 is 0 Å². The van der Waals surface area contributed by atoms with Crippen molar-refractivity contribution >= 4 is 38.1 Å². The van der Waals surface area contributed by atoms with Crippen molar-refractivity contribution in [1.82, 2.24) is 4.90 Å². The third kappa shape index (κ3) is 6.02. The van der Waals surface area contributed by atoms with Gasteiger partial charge in [-0.3, -0.25) is 9.59 Å². The zero-order chi connectivity index (χ0) is 24.7. The van der Waals surface area contributed by atoms with Crippen LogP contribution in [0.2, 0.25) is 0 Å². The predicted octanol–water partition coefficient (Wildman–Crippen LogP) is 6.76. The predicted molar refractivity (Wildman–Crippen MR) is 139 cm³/mol. The molecule has 5 nitrogen and oxygen atoms in total. The molecule has 0 unspecified atom stereocenters. The molecule has 1 aromatic heterocycles. The van der Waals surface area contributed by atoms with Crippen molar-refractivity contribution in [3.8, 4) is 16.9 Å². The minimum Gasteiger partial charge on any atom is -0.490 e. The maximum absolute atomic E-state index is 13.6. The monoisotopic (exact) mass is 484 g/mol. The summed E-state index contributed by atoms with van der Waals surface area (Å²) in [5, 5.41) is 4.18. The van der Waals surface area contributed by atoms with Crippen LogP contribution < -0.4 is 10.1 Å². The molecule has 0 aliphatic carbocycles. The van der Waals surface area contributed by atoms with Crippen molar-refractivity contribution in [3.05, 3.63) is 47.8 Å². The summed E-state index contributed by atoms with van der Waals surface area (Å²) < 4.78 is 20.7. The summed E-state index contributed by atoms with van der Waals surface area (Å²) in [7, 11) is 0. The molecule has 0 aliphatic rings. The van der Waals surface area contributed by atoms with E-state index in [2.05, 4.69) is 24.1 Å². The van der Waals surface area contributed by atoms with Gasteiger partial charge in [-0.15, -0.1) is 11.3 Å². The van der Waals surface area contributed by atoms with Crippen molar-refractivity contribution in [2.75, 3.05) is 31.6 Å². The van der Waals surface area contributed by atoms with Gasteiger partial charge in [-0.25, -0.2) is 4.39 Å². The van der Waals surface area contributed by atoms with Crippen molar-refractivity contribution < 1.29 is 18.7 Å². The minimum absolute atomic E-state index is 0.0143. The second kappa shape index (κ2) is 12.1. The summed E-state index contributed by atoms with van der Waals surface area (Å²) in [6, 6.07) is 10.1. The standard InChI is InChI=1S/C27H33FN2O3S/c1-5-8-9-23(32)24-22-15-14-21(19-10-12-20(28)13-11-19)25(33-17-16-30(6-2)7-3)26(22)34-27(24)29-18(4)31/h10-15H,5-9,16-17H2,1-4H3,(H,29,31). The first-order chi connectivity index (χ1) is 16.4. The van der Waals surface area contributed by atoms with E-state index in [0.717, 1.165) is 53.7 Å². The van der Waals surface area contributed by atoms with Gasteiger partial charge in [-0.05, 0) is 43.3 Å². The Kier molecular flexibility index (Phi) is 9.19. The van der Waals surface area contributed by atoms with E-state index in [1.165, 1.54) is 30.4 Å². The number of anilines is 1. The van der Waals surface area contributed by atoms with Crippen LogP contribution >= 0.6 is 11.3 Å². The Morgan fingerprint density at radius 2 is 1.76 bits per heavy atom. The SMILES string of the molecule is CCCCC(=O)c1c(NC(C)=O)sc2c(OCCN(CC)CC)c(-c3ccc(F)cc3)ccc12. The summed E-state index contributed by atoms with van der Waals surface area (Å²) in [5.74, 6) is 0.142. The van der Waals surface area contributed by atoms with Crippen molar-refractivity contribution in [2.45, 2.75) is 47.0 Å². The molecule has 1 N–H and O–H groups in total. The molecule has 2 aromatic carbocycles. The molecule has 182 valence electrons. The van der Waals surface area contributed by atoms with Crippen molar-refractivity contribution in [3.63, 3.8) is 0 Å². The van der Waals surface area contributed by atoms with Gasteiger partial charge in [0.05, 0.1) is 10.3 Å². The van der Waals surface area contributed by atoms with Crippen LogP contribution in [0.4, 0.5) is 9.39 Å². The normalized spacial score (nSPS) is 11.2. The number of thiophene rings is 1. The van der Waals surface area contributed by atoms with Crippen LogP contribution in [0.1, 0.15) is 57.3 Å². The average Bonchev–Trinajstić information content (AvgIpc) is 3.18. The highest BCUT2D eigenvalue weighted by Crippen LogP contribution is 2.46. The van der Waals surface area contributed by atoms with E-state index in [9.17, 15) is 14.0 Å². The molecule has 0 aliphatic heterocycles. The number of halogens is 1. The lowest BCUT2D eigenvalue weighted by molar-refractivity contribution is -0.114. The third-order valence-corrected chi connectivity index (χ3v) is 6.96. The molecule has 0 radical (unpaired) electrons. The van der Waals surface area contributed by atoms with Gasteiger partial charge in [0.2, 0.25) is 5.91 Å². The van der Waals surface area contributed by atoms with Crippen LogP contribution in [0, 0.1) is 5.82 Å². The van der Waals surface area contributed by atoms with Gasteiger partial charge in [0.1, 0.15) is 23.2 Å². The number of unbranched alkanes of at least 4 members (excludes halogenated alkanes) is 1. The number of amides is 1. The molecule has 1 heterocycles. The molecule has 0 spiro atoms. The lowest BCUT2D eigenvalue weighted by Crippen LogP contribution is -2.28. The summed E-state index contributed by atoms with van der Waals surface area (Å²) in [5.41, 5.74) is 2.20. The van der Waals surface area contributed by atoms with Gasteiger partial charge in [0, 0.05) is 30.8 Å². The number of rotatable bonds is 12. The van der Waals surface area contributed by atoms with E-state index < -0.39 is 0 Å². The smallest absolute Gasteiger partial charge is 0.221 e. The molecule has 1 amide bonds. The second-order valence-electron chi connectivity index (χ2n) is 8.22. The van der Waals surface area contributed by atoms with E-state index in [4.69, 9.17) is 4.74 Å². The number of nitrogens with zero attached hydrogens (tertiary/aromatic N) is 1. The van der Waals surface area contributed by atoms with Gasteiger partial charge in [0.15, 0.2) is 5.78 Å². The summed E-state index contributed by atoms with van der Waals surface area (Å²) >= 11 is 1.36. The third-order valence-electron chi connectivity index (χ3n) is 5.84. The Morgan fingerprint density at radius 3 is 2.38 bits per heavy atom. The first-order valence-electron chi connectivity index (χ1n) is 11.9. The number of fused-ring (bicyclic) bond motifs is 1. The zero-order valence-electron chi connectivity index (χ0n) is 20.4. The number of carbonyl (C=O) groups is 2. The van der Waals surface area contributed by atoms with Gasteiger partial charge >= 0.3 is 0 Å². The number of hydrogen-bond acceptors (Lipinski definition) is 5. The van der Waals surface area contributed by atoms with Crippen molar-refractivity contribution in [2.24, 2.45) is 0 Å². The van der Waals surface area contributed by atoms with Gasteiger partial charge in [-0.1, -0.05) is 45.4 Å². The summed E-state index contributed by atoms with van der Waals surface area (Å²) in [6.45, 7) is 10.8. The number of nitrogens with one attached hydrogen (secondary N) is 1. The Morgan fingerprint density at radius 1 is 1.06 bits per heavy atom. The van der Waals surface area contributed by atoms with Gasteiger partial charge in [-0.2, -0.15) is 0 Å². The van der Waals surface area contributed by atoms with E-state index in [1.54, 1.807) is 12.1 Å². The zero-order valence-corrected chi connectivity index (χ0v) is 21.2. The molecule has 0 fully saturated rings. The van der Waals surface area contributed by atoms with Crippen LogP contribution in [-0.2, 0) is 4.79 Å². The topological polar surface area (TPSA) is 58.6 Å². The molecule has 3 aromatic rings. The first kappa shape index (κ1) is 25.8. The number of ketones is 1. The number of Topliss-reactive ketones (excluding diaryl/α,β-unsaturated/α-hetero) is 1. The Balaban J connectivity index is 2.15. The Bertz CT molecular complexity index is 1140. The number of hydrogen-bond donors (Lipinski definition) is 1. The lowest BCUT2D eigenvalue weighted by atomic mass is 9.99. The number of carbonyl (C=O) groups excluding carboxylic acids is 2. The number of ether oxygens (including phenoxy) is 1. The van der Waals surface area contributed by atoms with Gasteiger partial charge in [0.25, 0.3) is 0 Å². The fourth-order valence-electron chi connectivity index (χ4n) is 3.94. The van der Waals surface area contributed by atoms with Crippen molar-refractivity contribution in [1.29, 1.82) is 0 Å². The molecule has 0 saturated heterocycles. The average molecular weight is 485 g/mol. The van der Waals surface area contributed by atoms with E-state index in [-0.39, 0.29) is 17.5 Å². The van der Waals surface area contributed by atoms with Crippen LogP contribution in [-0.4, -0.2) is 42.8 Å². The maximum atomic E-state index is 13.6. The van der Waals surface area contributed by atoms with E-state index in [0.29, 0.717) is 29.3 Å². The molecular weight excluding hydrogens is 451 g/mol. The molecule has 7 heteroatoms. The van der Waals surface area contributed by atoms with Crippen LogP contribution in [0.25, 0.3) is 21.2 Å². The van der Waals surface area contributed by atoms with E-state index in [1.807, 2.05) is 19.1 Å². The van der Waals surface area contributed by atoms with Gasteiger partial charge < -0.3 is 15.0 Å². The van der Waals surface area contributed by atoms with Crippen LogP contribution in [0.5, 0.6) is 5.75 Å². The Labute approximate surface area is 204 Å². The Hall–Kier alpha value is -2.77. The minimum atomic E-state index is -0.304. The largest absolute Gasteiger partial charge is 0.490 e. The summed E-state index contributed by atoms with van der Waals surface area (Å²) in [6.07, 6.45) is 2.13. The number of likely N-dealkylation sites (N-methyl/N-ethyl adjacent to an activating group) is 1. The quantitative estimate of drug-likeness (QED) is 0.289. The first-order valence-corrected chi connectivity index (χ1v) is 12.7. The molecule has 0 saturated carbocycles.